The molecule has 0 aliphatic carbocycles. The first-order valence-electron chi connectivity index (χ1n) is 5.02. The predicted octanol–water partition coefficient (Wildman–Crippen LogP) is 5.30. The van der Waals surface area contributed by atoms with E-state index in [2.05, 4.69) is 18.2 Å². The Hall–Kier alpha value is -1.24. The monoisotopic (exact) mass is 246 g/mol. The molecule has 0 aliphatic heterocycles. The molecule has 0 nitrogen and oxygen atoms in total. The van der Waals surface area contributed by atoms with Gasteiger partial charge >= 0.3 is 0 Å². The molecule has 3 rings (SSSR count). The first-order valence-corrected chi connectivity index (χ1v) is 5.78. The first kappa shape index (κ1) is 9.95. The summed E-state index contributed by atoms with van der Waals surface area (Å²) in [4.78, 5) is 0. The Bertz CT molecular complexity index is 687. The molecule has 16 heavy (non-hydrogen) atoms. The highest BCUT2D eigenvalue weighted by Crippen LogP contribution is 2.32. The van der Waals surface area contributed by atoms with E-state index in [0.717, 1.165) is 10.8 Å². The van der Waals surface area contributed by atoms with Crippen molar-refractivity contribution >= 4 is 44.7 Å². The average molecular weight is 247 g/mol. The van der Waals surface area contributed by atoms with Crippen molar-refractivity contribution in [2.75, 3.05) is 0 Å². The quantitative estimate of drug-likeness (QED) is 0.473. The molecule has 0 saturated heterocycles. The highest BCUT2D eigenvalue weighted by Gasteiger charge is 2.04. The summed E-state index contributed by atoms with van der Waals surface area (Å²) in [6.45, 7) is 0. The van der Waals surface area contributed by atoms with Crippen molar-refractivity contribution in [3.63, 3.8) is 0 Å². The zero-order valence-electron chi connectivity index (χ0n) is 8.37. The van der Waals surface area contributed by atoms with Crippen LogP contribution >= 0.6 is 23.2 Å². The van der Waals surface area contributed by atoms with Crippen molar-refractivity contribution < 1.29 is 0 Å². The fraction of sp³-hybridized carbons (Fsp3) is 0. The third-order valence-corrected chi connectivity index (χ3v) is 3.31. The van der Waals surface area contributed by atoms with Gasteiger partial charge in [-0.15, -0.1) is 0 Å². The van der Waals surface area contributed by atoms with Crippen LogP contribution in [-0.4, -0.2) is 0 Å². The summed E-state index contributed by atoms with van der Waals surface area (Å²) in [7, 11) is 0. The Balaban J connectivity index is 2.59. The predicted molar refractivity (Wildman–Crippen MR) is 71.5 cm³/mol. The summed E-state index contributed by atoms with van der Waals surface area (Å²) in [5.74, 6) is 0. The fourth-order valence-electron chi connectivity index (χ4n) is 2.04. The molecule has 2 heteroatoms. The minimum Gasteiger partial charge on any atom is -0.0843 e. The summed E-state index contributed by atoms with van der Waals surface area (Å²) < 4.78 is 0. The third-order valence-electron chi connectivity index (χ3n) is 2.77. The lowest BCUT2D eigenvalue weighted by atomic mass is 10.0. The lowest BCUT2D eigenvalue weighted by molar-refractivity contribution is 1.76. The van der Waals surface area contributed by atoms with Gasteiger partial charge in [-0.2, -0.15) is 0 Å². The second kappa shape index (κ2) is 3.65. The minimum absolute atomic E-state index is 0.675. The van der Waals surface area contributed by atoms with Gasteiger partial charge in [-0.1, -0.05) is 59.6 Å². The van der Waals surface area contributed by atoms with Crippen LogP contribution in [0.1, 0.15) is 0 Å². The van der Waals surface area contributed by atoms with Gasteiger partial charge in [0.15, 0.2) is 0 Å². The Morgan fingerprint density at radius 3 is 2.38 bits per heavy atom. The van der Waals surface area contributed by atoms with Crippen LogP contribution in [-0.2, 0) is 0 Å². The minimum atomic E-state index is 0.675. The number of rotatable bonds is 0. The summed E-state index contributed by atoms with van der Waals surface area (Å²) in [6, 6.07) is 16.1. The van der Waals surface area contributed by atoms with Gasteiger partial charge in [0.05, 0.1) is 0 Å². The van der Waals surface area contributed by atoms with E-state index in [1.54, 1.807) is 6.07 Å². The summed E-state index contributed by atoms with van der Waals surface area (Å²) in [5, 5.41) is 5.92. The maximum Gasteiger partial charge on any atom is 0.0499 e. The van der Waals surface area contributed by atoms with Gasteiger partial charge < -0.3 is 0 Å². The molecule has 0 N–H and O–H groups in total. The molecule has 0 amide bonds. The lowest BCUT2D eigenvalue weighted by Crippen LogP contribution is -1.79. The Kier molecular flexibility index (Phi) is 2.27. The second-order valence-corrected chi connectivity index (χ2v) is 4.61. The normalized spacial score (nSPS) is 11.1. The van der Waals surface area contributed by atoms with Crippen molar-refractivity contribution in [1.82, 2.24) is 0 Å². The highest BCUT2D eigenvalue weighted by molar-refractivity contribution is 6.39. The van der Waals surface area contributed by atoms with Crippen molar-refractivity contribution in [3.05, 3.63) is 58.6 Å². The Morgan fingerprint density at radius 1 is 0.688 bits per heavy atom. The number of fused-ring (bicyclic) bond motifs is 3. The fourth-order valence-corrected chi connectivity index (χ4v) is 2.59. The smallest absolute Gasteiger partial charge is 0.0499 e. The van der Waals surface area contributed by atoms with Gasteiger partial charge in [-0.25, -0.2) is 0 Å². The van der Waals surface area contributed by atoms with Gasteiger partial charge in [-0.3, -0.25) is 0 Å². The Labute approximate surface area is 103 Å². The maximum atomic E-state index is 6.18. The zero-order valence-corrected chi connectivity index (χ0v) is 9.89. The van der Waals surface area contributed by atoms with E-state index in [9.17, 15) is 0 Å². The average Bonchev–Trinajstić information content (AvgIpc) is 2.28. The molecule has 0 spiro atoms. The molecule has 0 saturated carbocycles. The van der Waals surface area contributed by atoms with Crippen LogP contribution in [0.4, 0.5) is 0 Å². The molecule has 0 aliphatic rings. The molecule has 3 aromatic rings. The van der Waals surface area contributed by atoms with E-state index in [1.807, 2.05) is 24.3 Å². The number of hydrogen-bond donors (Lipinski definition) is 0. The molecule has 78 valence electrons. The van der Waals surface area contributed by atoms with Crippen LogP contribution in [0.5, 0.6) is 0 Å². The molecule has 0 radical (unpaired) electrons. The van der Waals surface area contributed by atoms with E-state index < -0.39 is 0 Å². The number of halogens is 2. The maximum absolute atomic E-state index is 6.18. The van der Waals surface area contributed by atoms with Gasteiger partial charge in [0.2, 0.25) is 0 Å². The highest BCUT2D eigenvalue weighted by atomic mass is 35.5. The van der Waals surface area contributed by atoms with Gasteiger partial charge in [-0.05, 0) is 28.3 Å². The van der Waals surface area contributed by atoms with E-state index in [4.69, 9.17) is 23.2 Å². The van der Waals surface area contributed by atoms with E-state index in [1.165, 1.54) is 10.8 Å². The zero-order chi connectivity index (χ0) is 11.1. The second-order valence-electron chi connectivity index (χ2n) is 3.77. The van der Waals surface area contributed by atoms with Crippen LogP contribution in [0.25, 0.3) is 21.5 Å². The summed E-state index contributed by atoms with van der Waals surface area (Å²) >= 11 is 12.2. The SMILES string of the molecule is Clc1cc(Cl)c2ccc3ccccc3c2c1. The molecule has 0 heterocycles. The first-order chi connectivity index (χ1) is 7.75. The summed E-state index contributed by atoms with van der Waals surface area (Å²) in [5.41, 5.74) is 0. The van der Waals surface area contributed by atoms with Crippen LogP contribution in [0, 0.1) is 0 Å². The van der Waals surface area contributed by atoms with Gasteiger partial charge in [0, 0.05) is 15.4 Å². The van der Waals surface area contributed by atoms with Crippen LogP contribution in [0.3, 0.4) is 0 Å². The van der Waals surface area contributed by atoms with Crippen LogP contribution in [0.2, 0.25) is 10.0 Å². The molecule has 0 unspecified atom stereocenters. The summed E-state index contributed by atoms with van der Waals surface area (Å²) in [6.07, 6.45) is 0. The standard InChI is InChI=1S/C14H8Cl2/c15-10-7-13-11-4-2-1-3-9(11)5-6-12(13)14(16)8-10/h1-8H. The van der Waals surface area contributed by atoms with Crippen molar-refractivity contribution in [3.8, 4) is 0 Å². The van der Waals surface area contributed by atoms with Crippen molar-refractivity contribution in [2.24, 2.45) is 0 Å². The molecule has 3 aromatic carbocycles. The van der Waals surface area contributed by atoms with Crippen LogP contribution < -0.4 is 0 Å². The molecule has 0 fully saturated rings. The Morgan fingerprint density at radius 2 is 1.50 bits per heavy atom. The number of benzene rings is 3. The van der Waals surface area contributed by atoms with Crippen LogP contribution in [0.15, 0.2) is 48.5 Å². The van der Waals surface area contributed by atoms with E-state index >= 15 is 0 Å². The largest absolute Gasteiger partial charge is 0.0843 e. The van der Waals surface area contributed by atoms with Gasteiger partial charge in [0.1, 0.15) is 0 Å². The van der Waals surface area contributed by atoms with Crippen molar-refractivity contribution in [1.29, 1.82) is 0 Å². The molecule has 0 aromatic heterocycles. The molecular weight excluding hydrogens is 239 g/mol. The molecule has 0 atom stereocenters. The van der Waals surface area contributed by atoms with E-state index in [0.29, 0.717) is 10.0 Å². The van der Waals surface area contributed by atoms with Crippen molar-refractivity contribution in [2.45, 2.75) is 0 Å². The molecular formula is C14H8Cl2. The topological polar surface area (TPSA) is 0 Å². The van der Waals surface area contributed by atoms with Gasteiger partial charge in [0.25, 0.3) is 0 Å². The van der Waals surface area contributed by atoms with E-state index in [-0.39, 0.29) is 0 Å². The number of hydrogen-bond acceptors (Lipinski definition) is 0. The third kappa shape index (κ3) is 1.46. The lowest BCUT2D eigenvalue weighted by Gasteiger charge is -2.05. The molecule has 0 bridgehead atoms.